The van der Waals surface area contributed by atoms with Gasteiger partial charge < -0.3 is 0 Å². The van der Waals surface area contributed by atoms with Crippen molar-refractivity contribution >= 4 is 16.1 Å². The fraction of sp³-hybridized carbons (Fsp3) is 0.900. The number of carbonyl (C=O) groups excluding carboxylic acids is 1. The highest BCUT2D eigenvalue weighted by Gasteiger charge is 2.43. The van der Waals surface area contributed by atoms with Gasteiger partial charge in [0, 0.05) is 12.6 Å². The van der Waals surface area contributed by atoms with Gasteiger partial charge in [-0.2, -0.15) is 4.31 Å². The molecule has 2 aliphatic rings. The van der Waals surface area contributed by atoms with E-state index in [9.17, 15) is 13.2 Å². The van der Waals surface area contributed by atoms with Crippen LogP contribution in [0.2, 0.25) is 0 Å². The number of hydrogen-bond acceptors (Lipinski definition) is 4. The van der Waals surface area contributed by atoms with Crippen molar-refractivity contribution in [2.24, 2.45) is 4.99 Å². The van der Waals surface area contributed by atoms with Crippen LogP contribution in [-0.4, -0.2) is 42.7 Å². The summed E-state index contributed by atoms with van der Waals surface area (Å²) in [4.78, 5) is 13.8. The maximum atomic E-state index is 12.0. The first-order valence-corrected chi connectivity index (χ1v) is 7.13. The Kier molecular flexibility index (Phi) is 3.15. The first kappa shape index (κ1) is 11.8. The standard InChI is InChI=1S/C10H16N2O3S/c1-8-6-9(11-7-13)4-5-12(8)16(14,15)10-2-3-10/h8-10H,2-6H2,1H3. The summed E-state index contributed by atoms with van der Waals surface area (Å²) in [6.45, 7) is 2.36. The molecule has 5 nitrogen and oxygen atoms in total. The predicted molar refractivity (Wildman–Crippen MR) is 59.3 cm³/mol. The van der Waals surface area contributed by atoms with Gasteiger partial charge in [-0.25, -0.2) is 18.2 Å². The third kappa shape index (κ3) is 2.19. The van der Waals surface area contributed by atoms with Crippen LogP contribution in [0.5, 0.6) is 0 Å². The van der Waals surface area contributed by atoms with Gasteiger partial charge in [0.2, 0.25) is 16.1 Å². The largest absolute Gasteiger partial charge is 0.235 e. The third-order valence-corrected chi connectivity index (χ3v) is 5.81. The van der Waals surface area contributed by atoms with Crippen molar-refractivity contribution in [1.29, 1.82) is 0 Å². The van der Waals surface area contributed by atoms with Crippen LogP contribution in [0.1, 0.15) is 32.6 Å². The normalized spacial score (nSPS) is 32.1. The number of nitrogens with zero attached hydrogens (tertiary/aromatic N) is 2. The van der Waals surface area contributed by atoms with E-state index >= 15 is 0 Å². The smallest absolute Gasteiger partial charge is 0.212 e. The van der Waals surface area contributed by atoms with Crippen LogP contribution in [0.3, 0.4) is 0 Å². The van der Waals surface area contributed by atoms with Crippen LogP contribution in [-0.2, 0) is 14.8 Å². The molecular weight excluding hydrogens is 228 g/mol. The molecule has 2 atom stereocenters. The monoisotopic (exact) mass is 244 g/mol. The summed E-state index contributed by atoms with van der Waals surface area (Å²) >= 11 is 0. The summed E-state index contributed by atoms with van der Waals surface area (Å²) in [7, 11) is -3.08. The maximum Gasteiger partial charge on any atom is 0.235 e. The van der Waals surface area contributed by atoms with Crippen molar-refractivity contribution < 1.29 is 13.2 Å². The first-order valence-electron chi connectivity index (χ1n) is 5.63. The van der Waals surface area contributed by atoms with Gasteiger partial charge in [0.25, 0.3) is 0 Å². The molecule has 0 aromatic rings. The highest BCUT2D eigenvalue weighted by Crippen LogP contribution is 2.34. The van der Waals surface area contributed by atoms with E-state index < -0.39 is 10.0 Å². The second-order valence-corrected chi connectivity index (χ2v) is 6.77. The minimum absolute atomic E-state index is 0.0542. The predicted octanol–water partition coefficient (Wildman–Crippen LogP) is 0.667. The molecule has 0 radical (unpaired) electrons. The summed E-state index contributed by atoms with van der Waals surface area (Å²) in [5, 5.41) is -0.152. The Morgan fingerprint density at radius 1 is 1.31 bits per heavy atom. The van der Waals surface area contributed by atoms with Crippen molar-refractivity contribution in [2.75, 3.05) is 6.54 Å². The van der Waals surface area contributed by atoms with Crippen LogP contribution >= 0.6 is 0 Å². The molecule has 2 unspecified atom stereocenters. The van der Waals surface area contributed by atoms with Crippen LogP contribution < -0.4 is 0 Å². The average Bonchev–Trinajstić information content (AvgIpc) is 3.00. The van der Waals surface area contributed by atoms with Crippen LogP contribution in [0.25, 0.3) is 0 Å². The van der Waals surface area contributed by atoms with Crippen molar-refractivity contribution in [2.45, 2.75) is 49.9 Å². The minimum Gasteiger partial charge on any atom is -0.212 e. The van der Waals surface area contributed by atoms with Gasteiger partial charge in [-0.1, -0.05) is 0 Å². The number of aliphatic imine (C=N–C) groups is 1. The molecule has 1 aliphatic heterocycles. The highest BCUT2D eigenvalue weighted by atomic mass is 32.2. The van der Waals surface area contributed by atoms with E-state index in [-0.39, 0.29) is 17.3 Å². The second-order valence-electron chi connectivity index (χ2n) is 4.60. The van der Waals surface area contributed by atoms with Crippen molar-refractivity contribution in [3.05, 3.63) is 0 Å². The Morgan fingerprint density at radius 2 is 2.00 bits per heavy atom. The van der Waals surface area contributed by atoms with Crippen molar-refractivity contribution in [3.8, 4) is 0 Å². The zero-order chi connectivity index (χ0) is 11.8. The molecule has 6 heteroatoms. The van der Waals surface area contributed by atoms with Gasteiger partial charge in [-0.05, 0) is 32.6 Å². The van der Waals surface area contributed by atoms with E-state index in [4.69, 9.17) is 0 Å². The Morgan fingerprint density at radius 3 is 2.50 bits per heavy atom. The number of hydrogen-bond donors (Lipinski definition) is 0. The molecule has 0 amide bonds. The van der Waals surface area contributed by atoms with E-state index in [0.717, 1.165) is 12.8 Å². The summed E-state index contributed by atoms with van der Waals surface area (Å²) in [6.07, 6.45) is 4.40. The second kappa shape index (κ2) is 4.28. The van der Waals surface area contributed by atoms with E-state index in [1.165, 1.54) is 0 Å². The number of sulfonamides is 1. The SMILES string of the molecule is CC1CC(N=C=O)CCN1S(=O)(=O)C1CC1. The average molecular weight is 244 g/mol. The lowest BCUT2D eigenvalue weighted by atomic mass is 10.0. The molecule has 0 N–H and O–H groups in total. The van der Waals surface area contributed by atoms with Gasteiger partial charge in [0.05, 0.1) is 11.3 Å². The van der Waals surface area contributed by atoms with Crippen LogP contribution in [0.4, 0.5) is 0 Å². The lowest BCUT2D eigenvalue weighted by Gasteiger charge is -2.34. The van der Waals surface area contributed by atoms with Crippen molar-refractivity contribution in [3.63, 3.8) is 0 Å². The van der Waals surface area contributed by atoms with Gasteiger partial charge in [-0.3, -0.25) is 0 Å². The summed E-state index contributed by atoms with van der Waals surface area (Å²) in [5.74, 6) is 0. The zero-order valence-corrected chi connectivity index (χ0v) is 10.1. The number of isocyanates is 1. The molecule has 0 aromatic carbocycles. The number of rotatable bonds is 3. The Bertz CT molecular complexity index is 410. The van der Waals surface area contributed by atoms with Gasteiger partial charge in [0.15, 0.2) is 0 Å². The lowest BCUT2D eigenvalue weighted by Crippen LogP contribution is -2.46. The molecule has 0 bridgehead atoms. The topological polar surface area (TPSA) is 66.8 Å². The first-order chi connectivity index (χ1) is 7.55. The van der Waals surface area contributed by atoms with Crippen molar-refractivity contribution in [1.82, 2.24) is 4.31 Å². The molecule has 0 spiro atoms. The fourth-order valence-electron chi connectivity index (χ4n) is 2.25. The van der Waals surface area contributed by atoms with E-state index in [1.54, 1.807) is 10.4 Å². The zero-order valence-electron chi connectivity index (χ0n) is 9.30. The molecule has 1 saturated heterocycles. The third-order valence-electron chi connectivity index (χ3n) is 3.30. The molecular formula is C10H16N2O3S. The molecule has 1 heterocycles. The summed E-state index contributed by atoms with van der Waals surface area (Å²) in [5.41, 5.74) is 0. The van der Waals surface area contributed by atoms with E-state index in [0.29, 0.717) is 19.4 Å². The molecule has 16 heavy (non-hydrogen) atoms. The minimum atomic E-state index is -3.08. The number of piperidine rings is 1. The molecule has 2 fully saturated rings. The Labute approximate surface area is 95.6 Å². The molecule has 2 rings (SSSR count). The van der Waals surface area contributed by atoms with Gasteiger partial charge >= 0.3 is 0 Å². The summed E-state index contributed by atoms with van der Waals surface area (Å²) < 4.78 is 25.7. The molecule has 1 aliphatic carbocycles. The quantitative estimate of drug-likeness (QED) is 0.541. The lowest BCUT2D eigenvalue weighted by molar-refractivity contribution is 0.247. The molecule has 1 saturated carbocycles. The highest BCUT2D eigenvalue weighted by molar-refractivity contribution is 7.90. The van der Waals surface area contributed by atoms with E-state index in [1.807, 2.05) is 6.92 Å². The Balaban J connectivity index is 2.06. The van der Waals surface area contributed by atoms with Gasteiger partial charge in [0.1, 0.15) is 0 Å². The van der Waals surface area contributed by atoms with Crippen LogP contribution in [0, 0.1) is 0 Å². The maximum absolute atomic E-state index is 12.0. The van der Waals surface area contributed by atoms with Gasteiger partial charge in [-0.15, -0.1) is 0 Å². The molecule has 0 aromatic heterocycles. The summed E-state index contributed by atoms with van der Waals surface area (Å²) in [6, 6.07) is -0.111. The van der Waals surface area contributed by atoms with Crippen LogP contribution in [0.15, 0.2) is 4.99 Å². The fourth-order valence-corrected chi connectivity index (χ4v) is 4.32. The van der Waals surface area contributed by atoms with E-state index in [2.05, 4.69) is 4.99 Å². The Hall–Kier alpha value is -0.710. The molecule has 90 valence electrons.